The molecule has 11 heteroatoms. The Balaban J connectivity index is 1.28. The molecule has 10 nitrogen and oxygen atoms in total. The Labute approximate surface area is 219 Å². The number of thioether (sulfide) groups is 1. The van der Waals surface area contributed by atoms with E-state index in [9.17, 15) is 29.3 Å². The van der Waals surface area contributed by atoms with Crippen LogP contribution in [0.25, 0.3) is 10.9 Å². The van der Waals surface area contributed by atoms with Crippen molar-refractivity contribution < 1.29 is 28.8 Å². The second kappa shape index (κ2) is 10.3. The summed E-state index contributed by atoms with van der Waals surface area (Å²) in [4.78, 5) is 66.2. The van der Waals surface area contributed by atoms with Gasteiger partial charge in [-0.25, -0.2) is 9.69 Å². The van der Waals surface area contributed by atoms with Gasteiger partial charge in [-0.05, 0) is 35.7 Å². The van der Waals surface area contributed by atoms with Crippen molar-refractivity contribution in [3.63, 3.8) is 0 Å². The predicted molar refractivity (Wildman–Crippen MR) is 139 cm³/mol. The van der Waals surface area contributed by atoms with E-state index in [1.54, 1.807) is 36.5 Å². The summed E-state index contributed by atoms with van der Waals surface area (Å²) in [5.74, 6) is -2.13. The van der Waals surface area contributed by atoms with Crippen molar-refractivity contribution in [2.24, 2.45) is 0 Å². The van der Waals surface area contributed by atoms with Crippen LogP contribution in [0.5, 0.6) is 0 Å². The fourth-order valence-corrected chi connectivity index (χ4v) is 5.29. The largest absolute Gasteiger partial charge is 0.454 e. The second-order valence-corrected chi connectivity index (χ2v) is 9.67. The Morgan fingerprint density at radius 2 is 1.87 bits per heavy atom. The van der Waals surface area contributed by atoms with Crippen LogP contribution in [-0.4, -0.2) is 45.3 Å². The van der Waals surface area contributed by atoms with Gasteiger partial charge in [0.05, 0.1) is 21.4 Å². The number of nitro groups is 1. The van der Waals surface area contributed by atoms with Gasteiger partial charge in [0.2, 0.25) is 17.6 Å². The molecule has 1 fully saturated rings. The number of ketones is 1. The predicted octanol–water partition coefficient (Wildman–Crippen LogP) is 4.54. The third-order valence-electron chi connectivity index (χ3n) is 5.99. The van der Waals surface area contributed by atoms with Crippen LogP contribution in [0, 0.1) is 10.1 Å². The highest BCUT2D eigenvalue weighted by Crippen LogP contribution is 2.36. The molecule has 5 rings (SSSR count). The summed E-state index contributed by atoms with van der Waals surface area (Å²) in [6.07, 6.45) is 1.73. The molecule has 2 heterocycles. The van der Waals surface area contributed by atoms with Gasteiger partial charge in [0.1, 0.15) is 0 Å². The van der Waals surface area contributed by atoms with Gasteiger partial charge < -0.3 is 9.72 Å². The number of carbonyl (C=O) groups is 4. The first-order chi connectivity index (χ1) is 18.3. The van der Waals surface area contributed by atoms with Gasteiger partial charge in [0, 0.05) is 40.7 Å². The Hall–Kier alpha value is -4.77. The van der Waals surface area contributed by atoms with E-state index in [1.165, 1.54) is 24.3 Å². The molecule has 0 aliphatic carbocycles. The third-order valence-corrected chi connectivity index (χ3v) is 7.25. The summed E-state index contributed by atoms with van der Waals surface area (Å²) in [6.45, 7) is -0.616. The lowest BCUT2D eigenvalue weighted by molar-refractivity contribution is -0.384. The molecule has 1 aromatic heterocycles. The molecule has 0 spiro atoms. The number of rotatable bonds is 8. The van der Waals surface area contributed by atoms with Crippen LogP contribution in [0.1, 0.15) is 27.1 Å². The fourth-order valence-electron chi connectivity index (χ4n) is 4.12. The smallest absolute Gasteiger partial charge is 0.339 e. The minimum Gasteiger partial charge on any atom is -0.454 e. The fraction of sp³-hybridized carbons (Fsp3) is 0.111. The number of benzene rings is 3. The number of nitro benzene ring substituents is 1. The van der Waals surface area contributed by atoms with Gasteiger partial charge >= 0.3 is 5.97 Å². The highest BCUT2D eigenvalue weighted by Gasteiger charge is 2.40. The Morgan fingerprint density at radius 1 is 1.05 bits per heavy atom. The van der Waals surface area contributed by atoms with Crippen LogP contribution in [0.15, 0.2) is 83.9 Å². The van der Waals surface area contributed by atoms with Crippen molar-refractivity contribution in [1.29, 1.82) is 0 Å². The van der Waals surface area contributed by atoms with Crippen molar-refractivity contribution in [3.05, 3.63) is 100 Å². The molecule has 3 aromatic carbocycles. The molecular weight excluding hydrogens is 510 g/mol. The van der Waals surface area contributed by atoms with Crippen molar-refractivity contribution in [3.8, 4) is 0 Å². The summed E-state index contributed by atoms with van der Waals surface area (Å²) >= 11 is 1.08. The number of fused-ring (bicyclic) bond motifs is 1. The van der Waals surface area contributed by atoms with E-state index in [-0.39, 0.29) is 29.1 Å². The Bertz CT molecular complexity index is 1610. The highest BCUT2D eigenvalue weighted by atomic mass is 32.2. The van der Waals surface area contributed by atoms with E-state index < -0.39 is 34.4 Å². The highest BCUT2D eigenvalue weighted by molar-refractivity contribution is 8.00. The van der Waals surface area contributed by atoms with Crippen LogP contribution < -0.4 is 4.90 Å². The quantitative estimate of drug-likeness (QED) is 0.115. The van der Waals surface area contributed by atoms with Gasteiger partial charge in [0.15, 0.2) is 6.61 Å². The number of hydrogen-bond acceptors (Lipinski definition) is 8. The standard InChI is InChI=1S/C27H19N3O7S/c31-22(17-4-3-5-19(12-17)30(35)36)15-37-27(34)20-6-1-2-7-23(20)38-24-14-25(32)29(26(24)33)18-9-8-16-10-11-28-21(16)13-18/h1-13,24,28H,14-15H2. The van der Waals surface area contributed by atoms with Gasteiger partial charge in [-0.1, -0.05) is 30.3 Å². The van der Waals surface area contributed by atoms with Crippen molar-refractivity contribution in [2.45, 2.75) is 16.6 Å². The van der Waals surface area contributed by atoms with Gasteiger partial charge in [-0.3, -0.25) is 24.5 Å². The molecule has 1 unspecified atom stereocenters. The molecule has 190 valence electrons. The SMILES string of the molecule is O=C(COC(=O)c1ccccc1SC1CC(=O)N(c2ccc3cc[nH]c3c2)C1=O)c1cccc([N+](=O)[O-])c1. The number of ether oxygens (including phenoxy) is 1. The maximum Gasteiger partial charge on any atom is 0.339 e. The number of aromatic nitrogens is 1. The zero-order chi connectivity index (χ0) is 26.8. The van der Waals surface area contributed by atoms with E-state index in [1.807, 2.05) is 12.1 Å². The molecule has 4 aromatic rings. The first kappa shape index (κ1) is 24.9. The number of aromatic amines is 1. The maximum absolute atomic E-state index is 13.2. The number of nitrogens with zero attached hydrogens (tertiary/aromatic N) is 2. The first-order valence-electron chi connectivity index (χ1n) is 11.5. The molecule has 1 aliphatic heterocycles. The van der Waals surface area contributed by atoms with Crippen LogP contribution in [0.4, 0.5) is 11.4 Å². The number of nitrogens with one attached hydrogen (secondary N) is 1. The topological polar surface area (TPSA) is 140 Å². The molecule has 1 atom stereocenters. The number of esters is 1. The number of H-pyrrole nitrogens is 1. The molecule has 38 heavy (non-hydrogen) atoms. The lowest BCUT2D eigenvalue weighted by Crippen LogP contribution is -2.31. The number of carbonyl (C=O) groups excluding carboxylic acids is 4. The Morgan fingerprint density at radius 3 is 2.68 bits per heavy atom. The third kappa shape index (κ3) is 4.91. The van der Waals surface area contributed by atoms with E-state index in [2.05, 4.69) is 4.98 Å². The number of hydrogen-bond donors (Lipinski definition) is 1. The van der Waals surface area contributed by atoms with E-state index >= 15 is 0 Å². The van der Waals surface area contributed by atoms with E-state index in [0.29, 0.717) is 10.6 Å². The van der Waals surface area contributed by atoms with Gasteiger partial charge in [-0.2, -0.15) is 0 Å². The zero-order valence-electron chi connectivity index (χ0n) is 19.7. The summed E-state index contributed by atoms with van der Waals surface area (Å²) in [5.41, 5.74) is 1.19. The molecule has 1 N–H and O–H groups in total. The number of non-ortho nitro benzene ring substituents is 1. The minimum atomic E-state index is -0.794. The molecule has 0 bridgehead atoms. The molecule has 0 saturated carbocycles. The van der Waals surface area contributed by atoms with Crippen molar-refractivity contribution in [1.82, 2.24) is 4.98 Å². The molecular formula is C27H19N3O7S. The molecule has 2 amide bonds. The minimum absolute atomic E-state index is 0.0408. The van der Waals surface area contributed by atoms with Crippen LogP contribution >= 0.6 is 11.8 Å². The number of anilines is 1. The normalized spacial score (nSPS) is 15.2. The lowest BCUT2D eigenvalue weighted by Gasteiger charge is -2.16. The summed E-state index contributed by atoms with van der Waals surface area (Å²) < 4.78 is 5.18. The van der Waals surface area contributed by atoms with Gasteiger partial charge in [0.25, 0.3) is 5.69 Å². The van der Waals surface area contributed by atoms with Crippen LogP contribution in [0.2, 0.25) is 0 Å². The Kier molecular flexibility index (Phi) is 6.75. The number of imide groups is 1. The average molecular weight is 530 g/mol. The monoisotopic (exact) mass is 529 g/mol. The first-order valence-corrected chi connectivity index (χ1v) is 12.3. The zero-order valence-corrected chi connectivity index (χ0v) is 20.5. The van der Waals surface area contributed by atoms with Gasteiger partial charge in [-0.15, -0.1) is 11.8 Å². The average Bonchev–Trinajstić information content (AvgIpc) is 3.50. The number of Topliss-reactive ketones (excluding diaryl/α,β-unsaturated/α-hetero) is 1. The lowest BCUT2D eigenvalue weighted by atomic mass is 10.1. The summed E-state index contributed by atoms with van der Waals surface area (Å²) in [6, 6.07) is 18.7. The maximum atomic E-state index is 13.2. The summed E-state index contributed by atoms with van der Waals surface area (Å²) in [7, 11) is 0. The van der Waals surface area contributed by atoms with Crippen LogP contribution in [-0.2, 0) is 14.3 Å². The molecule has 1 saturated heterocycles. The molecule has 0 radical (unpaired) electrons. The van der Waals surface area contributed by atoms with Crippen LogP contribution in [0.3, 0.4) is 0 Å². The van der Waals surface area contributed by atoms with E-state index in [4.69, 9.17) is 4.74 Å². The number of amides is 2. The van der Waals surface area contributed by atoms with E-state index in [0.717, 1.165) is 33.6 Å². The summed E-state index contributed by atoms with van der Waals surface area (Å²) in [5, 5.41) is 11.2. The molecule has 1 aliphatic rings. The van der Waals surface area contributed by atoms with Crippen molar-refractivity contribution >= 4 is 57.6 Å². The second-order valence-electron chi connectivity index (χ2n) is 8.43. The van der Waals surface area contributed by atoms with Crippen molar-refractivity contribution in [2.75, 3.05) is 11.5 Å².